The van der Waals surface area contributed by atoms with E-state index < -0.39 is 0 Å². The Bertz CT molecular complexity index is 1120. The first-order valence-corrected chi connectivity index (χ1v) is 9.50. The van der Waals surface area contributed by atoms with Gasteiger partial charge < -0.3 is 10.1 Å². The minimum Gasteiger partial charge on any atom is -0.484 e. The molecule has 2 aromatic carbocycles. The van der Waals surface area contributed by atoms with E-state index in [2.05, 4.69) is 34.3 Å². The molecule has 0 saturated carbocycles. The number of benzene rings is 2. The van der Waals surface area contributed by atoms with Crippen LogP contribution in [-0.4, -0.2) is 27.7 Å². The van der Waals surface area contributed by atoms with Crippen molar-refractivity contribution >= 4 is 22.5 Å². The fourth-order valence-corrected chi connectivity index (χ4v) is 3.07. The van der Waals surface area contributed by atoms with Gasteiger partial charge in [-0.05, 0) is 46.7 Å². The van der Waals surface area contributed by atoms with E-state index in [0.717, 1.165) is 21.9 Å². The lowest BCUT2D eigenvalue weighted by Crippen LogP contribution is -2.20. The first-order chi connectivity index (χ1) is 14.1. The van der Waals surface area contributed by atoms with E-state index in [-0.39, 0.29) is 12.5 Å². The number of fused-ring (bicyclic) bond motifs is 1. The number of nitrogens with one attached hydrogen (secondary N) is 2. The summed E-state index contributed by atoms with van der Waals surface area (Å²) in [6, 6.07) is 15.7. The number of anilines is 1. The third-order valence-corrected chi connectivity index (χ3v) is 4.74. The molecule has 0 aliphatic carbocycles. The molecule has 2 heterocycles. The second kappa shape index (κ2) is 8.14. The Morgan fingerprint density at radius 3 is 2.59 bits per heavy atom. The van der Waals surface area contributed by atoms with E-state index in [1.54, 1.807) is 12.4 Å². The molecule has 6 heteroatoms. The fourth-order valence-electron chi connectivity index (χ4n) is 3.07. The smallest absolute Gasteiger partial charge is 0.263 e. The van der Waals surface area contributed by atoms with Crippen LogP contribution in [0.5, 0.6) is 5.75 Å². The van der Waals surface area contributed by atoms with Crippen LogP contribution >= 0.6 is 0 Å². The zero-order valence-corrected chi connectivity index (χ0v) is 16.3. The Balaban J connectivity index is 1.42. The topological polar surface area (TPSA) is 79.9 Å². The zero-order chi connectivity index (χ0) is 20.2. The number of hydrogen-bond acceptors (Lipinski definition) is 4. The molecule has 0 aliphatic heterocycles. The first-order valence-electron chi connectivity index (χ1n) is 9.50. The van der Waals surface area contributed by atoms with E-state index in [9.17, 15) is 4.79 Å². The molecular weight excluding hydrogens is 364 g/mol. The Hall–Kier alpha value is -3.67. The van der Waals surface area contributed by atoms with Gasteiger partial charge in [0.25, 0.3) is 5.91 Å². The average molecular weight is 386 g/mol. The van der Waals surface area contributed by atoms with Crippen molar-refractivity contribution in [2.45, 2.75) is 19.8 Å². The number of H-pyrrole nitrogens is 1. The van der Waals surface area contributed by atoms with Gasteiger partial charge in [0.05, 0.1) is 6.20 Å². The fraction of sp³-hybridized carbons (Fsp3) is 0.174. The maximum Gasteiger partial charge on any atom is 0.263 e. The van der Waals surface area contributed by atoms with Gasteiger partial charge in [-0.2, -0.15) is 5.10 Å². The molecule has 0 atom stereocenters. The quantitative estimate of drug-likeness (QED) is 0.500. The van der Waals surface area contributed by atoms with Crippen molar-refractivity contribution in [3.8, 4) is 16.9 Å². The summed E-state index contributed by atoms with van der Waals surface area (Å²) in [7, 11) is 0. The van der Waals surface area contributed by atoms with Crippen LogP contribution in [0.3, 0.4) is 0 Å². The predicted octanol–water partition coefficient (Wildman–Crippen LogP) is 4.77. The highest BCUT2D eigenvalue weighted by atomic mass is 16.5. The predicted molar refractivity (Wildman–Crippen MR) is 114 cm³/mol. The lowest BCUT2D eigenvalue weighted by Gasteiger charge is -2.10. The van der Waals surface area contributed by atoms with Crippen molar-refractivity contribution in [2.75, 3.05) is 11.9 Å². The van der Waals surface area contributed by atoms with Crippen LogP contribution < -0.4 is 10.1 Å². The number of amides is 1. The summed E-state index contributed by atoms with van der Waals surface area (Å²) in [5, 5.41) is 11.6. The normalized spacial score (nSPS) is 11.0. The third-order valence-electron chi connectivity index (χ3n) is 4.74. The number of aromatic nitrogens is 3. The Morgan fingerprint density at radius 1 is 1.03 bits per heavy atom. The Morgan fingerprint density at radius 2 is 1.86 bits per heavy atom. The van der Waals surface area contributed by atoms with Crippen molar-refractivity contribution in [1.82, 2.24) is 15.2 Å². The maximum absolute atomic E-state index is 12.3. The Labute approximate surface area is 168 Å². The standard InChI is InChI=1S/C23H22N4O2/c1-15(2)16-5-7-21(8-6-16)29-14-23(28)27-22-10-19-9-17(20-12-25-26-13-20)3-4-18(19)11-24-22/h3-13,15H,14H2,1-2H3,(H,25,26)(H,24,27,28). The number of rotatable bonds is 6. The average Bonchev–Trinajstić information content (AvgIpc) is 3.27. The van der Waals surface area contributed by atoms with E-state index in [1.165, 1.54) is 5.56 Å². The molecule has 0 aliphatic rings. The number of carbonyl (C=O) groups is 1. The van der Waals surface area contributed by atoms with E-state index in [4.69, 9.17) is 4.74 Å². The number of carbonyl (C=O) groups excluding carboxylic acids is 1. The van der Waals surface area contributed by atoms with Gasteiger partial charge in [-0.1, -0.05) is 38.1 Å². The second-order valence-electron chi connectivity index (χ2n) is 7.18. The molecule has 0 spiro atoms. The van der Waals surface area contributed by atoms with E-state index >= 15 is 0 Å². The van der Waals surface area contributed by atoms with Crippen LogP contribution in [0.1, 0.15) is 25.3 Å². The van der Waals surface area contributed by atoms with Gasteiger partial charge in [-0.25, -0.2) is 4.98 Å². The molecule has 1 amide bonds. The van der Waals surface area contributed by atoms with Crippen LogP contribution in [0.15, 0.2) is 67.1 Å². The molecule has 2 N–H and O–H groups in total. The largest absolute Gasteiger partial charge is 0.484 e. The maximum atomic E-state index is 12.3. The molecule has 0 unspecified atom stereocenters. The SMILES string of the molecule is CC(C)c1ccc(OCC(=O)Nc2cc3cc(-c4cn[nH]c4)ccc3cn2)cc1. The van der Waals surface area contributed by atoms with Crippen molar-refractivity contribution in [1.29, 1.82) is 0 Å². The minimum atomic E-state index is -0.254. The molecule has 146 valence electrons. The van der Waals surface area contributed by atoms with E-state index in [1.807, 2.05) is 54.7 Å². The molecule has 0 radical (unpaired) electrons. The molecule has 4 aromatic rings. The lowest BCUT2D eigenvalue weighted by atomic mass is 10.0. The van der Waals surface area contributed by atoms with Crippen LogP contribution in [0.25, 0.3) is 21.9 Å². The highest BCUT2D eigenvalue weighted by Gasteiger charge is 2.07. The summed E-state index contributed by atoms with van der Waals surface area (Å²) in [6.45, 7) is 4.20. The Kier molecular flexibility index (Phi) is 5.24. The number of ether oxygens (including phenoxy) is 1. The monoisotopic (exact) mass is 386 g/mol. The van der Waals surface area contributed by atoms with Crippen molar-refractivity contribution in [3.63, 3.8) is 0 Å². The van der Waals surface area contributed by atoms with Gasteiger partial charge in [0, 0.05) is 23.3 Å². The molecule has 6 nitrogen and oxygen atoms in total. The number of hydrogen-bond donors (Lipinski definition) is 2. The van der Waals surface area contributed by atoms with Crippen molar-refractivity contribution < 1.29 is 9.53 Å². The highest BCUT2D eigenvalue weighted by Crippen LogP contribution is 2.25. The minimum absolute atomic E-state index is 0.0736. The second-order valence-corrected chi connectivity index (χ2v) is 7.18. The molecule has 0 fully saturated rings. The highest BCUT2D eigenvalue weighted by molar-refractivity contribution is 5.94. The third kappa shape index (κ3) is 4.43. The summed E-state index contributed by atoms with van der Waals surface area (Å²) < 4.78 is 5.58. The van der Waals surface area contributed by atoms with Crippen LogP contribution in [-0.2, 0) is 4.79 Å². The lowest BCUT2D eigenvalue weighted by molar-refractivity contribution is -0.118. The number of nitrogens with zero attached hydrogens (tertiary/aromatic N) is 2. The number of aromatic amines is 1. The van der Waals surface area contributed by atoms with Crippen LogP contribution in [0.2, 0.25) is 0 Å². The zero-order valence-electron chi connectivity index (χ0n) is 16.3. The molecular formula is C23H22N4O2. The van der Waals surface area contributed by atoms with Crippen LogP contribution in [0, 0.1) is 0 Å². The molecule has 2 aromatic heterocycles. The summed E-state index contributed by atoms with van der Waals surface area (Å²) in [6.07, 6.45) is 5.36. The number of pyridine rings is 1. The molecule has 4 rings (SSSR count). The molecule has 29 heavy (non-hydrogen) atoms. The van der Waals surface area contributed by atoms with Crippen molar-refractivity contribution in [3.05, 3.63) is 72.7 Å². The van der Waals surface area contributed by atoms with Gasteiger partial charge in [-0.3, -0.25) is 9.89 Å². The molecule has 0 bridgehead atoms. The van der Waals surface area contributed by atoms with Gasteiger partial charge >= 0.3 is 0 Å². The summed E-state index contributed by atoms with van der Waals surface area (Å²) in [5.41, 5.74) is 3.28. The summed E-state index contributed by atoms with van der Waals surface area (Å²) >= 11 is 0. The van der Waals surface area contributed by atoms with Crippen molar-refractivity contribution in [2.24, 2.45) is 0 Å². The summed E-state index contributed by atoms with van der Waals surface area (Å²) in [4.78, 5) is 16.6. The molecule has 0 saturated heterocycles. The van der Waals surface area contributed by atoms with Crippen LogP contribution in [0.4, 0.5) is 5.82 Å². The van der Waals surface area contributed by atoms with Gasteiger partial charge in [0.2, 0.25) is 0 Å². The summed E-state index contributed by atoms with van der Waals surface area (Å²) in [5.74, 6) is 1.36. The van der Waals surface area contributed by atoms with E-state index in [0.29, 0.717) is 17.5 Å². The van der Waals surface area contributed by atoms with Gasteiger partial charge in [0.15, 0.2) is 6.61 Å². The van der Waals surface area contributed by atoms with Gasteiger partial charge in [0.1, 0.15) is 11.6 Å². The first kappa shape index (κ1) is 18.7. The van der Waals surface area contributed by atoms with Gasteiger partial charge in [-0.15, -0.1) is 0 Å².